The van der Waals surface area contributed by atoms with Crippen molar-refractivity contribution >= 4 is 5.91 Å². The highest BCUT2D eigenvalue weighted by Gasteiger charge is 2.12. The second kappa shape index (κ2) is 15.9. The Morgan fingerprint density at radius 2 is 1.10 bits per heavy atom. The molecule has 1 atom stereocenters. The summed E-state index contributed by atoms with van der Waals surface area (Å²) in [6, 6.07) is 0. The summed E-state index contributed by atoms with van der Waals surface area (Å²) < 4.78 is 0. The summed E-state index contributed by atoms with van der Waals surface area (Å²) in [5.41, 5.74) is 5.42. The van der Waals surface area contributed by atoms with E-state index in [4.69, 9.17) is 5.73 Å². The molecule has 0 aliphatic carbocycles. The van der Waals surface area contributed by atoms with Gasteiger partial charge in [0.2, 0.25) is 5.91 Å². The predicted octanol–water partition coefficient (Wildman–Crippen LogP) is 5.98. The Kier molecular flexibility index (Phi) is 15.5. The lowest BCUT2D eigenvalue weighted by Crippen LogP contribution is -2.23. The van der Waals surface area contributed by atoms with E-state index in [0.717, 1.165) is 19.3 Å². The molecule has 0 radical (unpaired) electrons. The van der Waals surface area contributed by atoms with Crippen LogP contribution in [0.15, 0.2) is 0 Å². The lowest BCUT2D eigenvalue weighted by atomic mass is 9.95. The molecule has 21 heavy (non-hydrogen) atoms. The molecule has 0 aromatic carbocycles. The summed E-state index contributed by atoms with van der Waals surface area (Å²) in [6.45, 7) is 4.39. The van der Waals surface area contributed by atoms with E-state index in [9.17, 15) is 4.79 Å². The highest BCUT2D eigenvalue weighted by atomic mass is 16.1. The van der Waals surface area contributed by atoms with Crippen molar-refractivity contribution in [3.63, 3.8) is 0 Å². The van der Waals surface area contributed by atoms with Crippen LogP contribution in [-0.4, -0.2) is 5.91 Å². The lowest BCUT2D eigenvalue weighted by Gasteiger charge is -2.11. The first-order valence-corrected chi connectivity index (χ1v) is 9.51. The van der Waals surface area contributed by atoms with E-state index >= 15 is 0 Å². The lowest BCUT2D eigenvalue weighted by molar-refractivity contribution is -0.122. The second-order valence-corrected chi connectivity index (χ2v) is 6.57. The third-order valence-corrected chi connectivity index (χ3v) is 4.45. The van der Waals surface area contributed by atoms with Crippen LogP contribution in [-0.2, 0) is 4.79 Å². The minimum atomic E-state index is -0.0973. The van der Waals surface area contributed by atoms with Gasteiger partial charge in [0.05, 0.1) is 0 Å². The van der Waals surface area contributed by atoms with Gasteiger partial charge in [0, 0.05) is 5.92 Å². The molecule has 0 aromatic heterocycles. The molecule has 2 heteroatoms. The van der Waals surface area contributed by atoms with Crippen LogP contribution in [0, 0.1) is 5.92 Å². The Morgan fingerprint density at radius 1 is 0.667 bits per heavy atom. The maximum absolute atomic E-state index is 11.2. The molecule has 0 rings (SSSR count). The standard InChI is InChI=1S/C19H39NO/c1-3-5-6-7-8-9-10-11-12-13-14-15-17-18(16-4-2)19(20)21/h18H,3-17H2,1-2H3,(H2,20,21). The normalized spacial score (nSPS) is 12.5. The molecule has 2 nitrogen and oxygen atoms in total. The summed E-state index contributed by atoms with van der Waals surface area (Å²) in [4.78, 5) is 11.2. The molecule has 0 heterocycles. The van der Waals surface area contributed by atoms with Crippen LogP contribution in [0.2, 0.25) is 0 Å². The zero-order chi connectivity index (χ0) is 15.8. The average molecular weight is 298 g/mol. The van der Waals surface area contributed by atoms with Crippen LogP contribution >= 0.6 is 0 Å². The summed E-state index contributed by atoms with van der Waals surface area (Å²) in [6.07, 6.45) is 19.4. The Hall–Kier alpha value is -0.530. The highest BCUT2D eigenvalue weighted by Crippen LogP contribution is 2.17. The largest absolute Gasteiger partial charge is 0.369 e. The van der Waals surface area contributed by atoms with E-state index in [1.165, 1.54) is 77.0 Å². The zero-order valence-corrected chi connectivity index (χ0v) is 14.7. The van der Waals surface area contributed by atoms with Crippen molar-refractivity contribution < 1.29 is 4.79 Å². The Morgan fingerprint density at radius 3 is 1.48 bits per heavy atom. The first-order chi connectivity index (χ1) is 10.2. The number of carbonyl (C=O) groups excluding carboxylic acids is 1. The Balaban J connectivity index is 3.23. The molecular weight excluding hydrogens is 258 g/mol. The van der Waals surface area contributed by atoms with Crippen LogP contribution < -0.4 is 5.73 Å². The number of primary amides is 1. The van der Waals surface area contributed by atoms with Gasteiger partial charge in [-0.1, -0.05) is 97.3 Å². The van der Waals surface area contributed by atoms with Crippen LogP contribution in [0.5, 0.6) is 0 Å². The van der Waals surface area contributed by atoms with Crippen LogP contribution in [0.1, 0.15) is 110 Å². The number of amides is 1. The molecule has 0 aliphatic rings. The second-order valence-electron chi connectivity index (χ2n) is 6.57. The van der Waals surface area contributed by atoms with Crippen molar-refractivity contribution in [2.24, 2.45) is 11.7 Å². The van der Waals surface area contributed by atoms with Crippen molar-refractivity contribution in [2.75, 3.05) is 0 Å². The van der Waals surface area contributed by atoms with E-state index in [-0.39, 0.29) is 11.8 Å². The van der Waals surface area contributed by atoms with Gasteiger partial charge in [-0.3, -0.25) is 4.79 Å². The maximum atomic E-state index is 11.2. The fourth-order valence-corrected chi connectivity index (χ4v) is 3.01. The monoisotopic (exact) mass is 297 g/mol. The van der Waals surface area contributed by atoms with E-state index in [0.29, 0.717) is 0 Å². The van der Waals surface area contributed by atoms with Crippen molar-refractivity contribution in [1.29, 1.82) is 0 Å². The fourth-order valence-electron chi connectivity index (χ4n) is 3.01. The smallest absolute Gasteiger partial charge is 0.220 e. The molecule has 2 N–H and O–H groups in total. The SMILES string of the molecule is CCCCCCCCCCCCCCC(CCC)C(N)=O. The third kappa shape index (κ3) is 14.2. The number of unbranched alkanes of at least 4 members (excludes halogenated alkanes) is 11. The Labute approximate surface area is 133 Å². The summed E-state index contributed by atoms with van der Waals surface area (Å²) >= 11 is 0. The molecular formula is C19H39NO. The molecule has 0 saturated heterocycles. The number of carbonyl (C=O) groups is 1. The molecule has 0 spiro atoms. The number of hydrogen-bond acceptors (Lipinski definition) is 1. The van der Waals surface area contributed by atoms with Crippen molar-refractivity contribution in [3.8, 4) is 0 Å². The Bertz CT molecular complexity index is 228. The molecule has 0 aromatic rings. The van der Waals surface area contributed by atoms with E-state index in [1.807, 2.05) is 0 Å². The van der Waals surface area contributed by atoms with E-state index in [1.54, 1.807) is 0 Å². The summed E-state index contributed by atoms with van der Waals surface area (Å²) in [7, 11) is 0. The van der Waals surface area contributed by atoms with Gasteiger partial charge in [-0.2, -0.15) is 0 Å². The van der Waals surface area contributed by atoms with Gasteiger partial charge in [0.15, 0.2) is 0 Å². The number of hydrogen-bond donors (Lipinski definition) is 1. The van der Waals surface area contributed by atoms with Crippen LogP contribution in [0.4, 0.5) is 0 Å². The molecule has 1 amide bonds. The fraction of sp³-hybridized carbons (Fsp3) is 0.947. The van der Waals surface area contributed by atoms with Gasteiger partial charge in [0.25, 0.3) is 0 Å². The minimum Gasteiger partial charge on any atom is -0.369 e. The van der Waals surface area contributed by atoms with E-state index < -0.39 is 0 Å². The first kappa shape index (κ1) is 20.5. The molecule has 1 unspecified atom stereocenters. The highest BCUT2D eigenvalue weighted by molar-refractivity contribution is 5.76. The number of rotatable bonds is 16. The van der Waals surface area contributed by atoms with Gasteiger partial charge >= 0.3 is 0 Å². The number of nitrogens with two attached hydrogens (primary N) is 1. The summed E-state index contributed by atoms with van der Waals surface area (Å²) in [5, 5.41) is 0. The topological polar surface area (TPSA) is 43.1 Å². The zero-order valence-electron chi connectivity index (χ0n) is 14.7. The van der Waals surface area contributed by atoms with Crippen LogP contribution in [0.25, 0.3) is 0 Å². The minimum absolute atomic E-state index is 0.0973. The first-order valence-electron chi connectivity index (χ1n) is 9.51. The van der Waals surface area contributed by atoms with Gasteiger partial charge in [0.1, 0.15) is 0 Å². The predicted molar refractivity (Wildman–Crippen MR) is 93.3 cm³/mol. The summed E-state index contributed by atoms with van der Waals surface area (Å²) in [5.74, 6) is 0.0260. The van der Waals surface area contributed by atoms with Crippen molar-refractivity contribution in [3.05, 3.63) is 0 Å². The molecule has 0 fully saturated rings. The maximum Gasteiger partial charge on any atom is 0.220 e. The van der Waals surface area contributed by atoms with Gasteiger partial charge in [-0.05, 0) is 12.8 Å². The van der Waals surface area contributed by atoms with E-state index in [2.05, 4.69) is 13.8 Å². The van der Waals surface area contributed by atoms with Gasteiger partial charge in [-0.15, -0.1) is 0 Å². The molecule has 0 aliphatic heterocycles. The average Bonchev–Trinajstić information content (AvgIpc) is 2.47. The van der Waals surface area contributed by atoms with Gasteiger partial charge in [-0.25, -0.2) is 0 Å². The molecule has 0 saturated carbocycles. The van der Waals surface area contributed by atoms with Crippen molar-refractivity contribution in [1.82, 2.24) is 0 Å². The quantitative estimate of drug-likeness (QED) is 0.350. The van der Waals surface area contributed by atoms with Gasteiger partial charge < -0.3 is 5.73 Å². The molecule has 126 valence electrons. The van der Waals surface area contributed by atoms with Crippen molar-refractivity contribution in [2.45, 2.75) is 110 Å². The molecule has 0 bridgehead atoms. The van der Waals surface area contributed by atoms with Crippen LogP contribution in [0.3, 0.4) is 0 Å². The third-order valence-electron chi connectivity index (χ3n) is 4.45.